The molecule has 84 heavy (non-hydrogen) atoms. The van der Waals surface area contributed by atoms with Crippen LogP contribution in [0.3, 0.4) is 0 Å². The molecule has 0 N–H and O–H groups in total. The summed E-state index contributed by atoms with van der Waals surface area (Å²) < 4.78 is 174. The van der Waals surface area contributed by atoms with Gasteiger partial charge < -0.3 is 9.13 Å². The molecule has 3 heterocycles. The van der Waals surface area contributed by atoms with Crippen molar-refractivity contribution in [1.29, 1.82) is 0 Å². The Kier molecular flexibility index (Phi) is 12.6. The normalized spacial score (nSPS) is 12.5. The molecule has 0 bridgehead atoms. The summed E-state index contributed by atoms with van der Waals surface area (Å²) in [5, 5.41) is 2.33. The molecule has 4 nitrogen and oxygen atoms in total. The molecular formula is C68H38F12N4. The number of aromatic nitrogens is 4. The fourth-order valence-electron chi connectivity index (χ4n) is 11.1. The number of rotatable bonds is 8. The Morgan fingerprint density at radius 1 is 0.250 bits per heavy atom. The fraction of sp³-hybridized carbons (Fsp3) is 0.0588. The lowest BCUT2D eigenvalue weighted by molar-refractivity contribution is -0.144. The molecule has 13 aromatic rings. The van der Waals surface area contributed by atoms with E-state index in [9.17, 15) is 52.7 Å². The highest BCUT2D eigenvalue weighted by atomic mass is 19.4. The summed E-state index contributed by atoms with van der Waals surface area (Å²) in [4.78, 5) is 10.1. The largest absolute Gasteiger partial charge is 0.416 e. The lowest BCUT2D eigenvalue weighted by Crippen LogP contribution is -2.11. The molecule has 0 fully saturated rings. The van der Waals surface area contributed by atoms with Crippen molar-refractivity contribution in [3.63, 3.8) is 0 Å². The molecule has 414 valence electrons. The lowest BCUT2D eigenvalue weighted by Gasteiger charge is -2.20. The SMILES string of the molecule is FC(F)(F)c1cc(-c2ccc3c(c2)c2ccccc2n3-c2ccccc2-c2cc(-c3cc(-c4ccccc4)nc(-c4ccccc4)n3)ccc2-n2c3ccccc3c3cc(-c4cc(C(F)(F)F)cc(C(F)(F)F)c4)ccc32)cc(C(F)(F)F)c1. The van der Waals surface area contributed by atoms with E-state index in [1.54, 1.807) is 36.4 Å². The molecule has 0 aliphatic heterocycles. The Balaban J connectivity index is 1.07. The van der Waals surface area contributed by atoms with Crippen molar-refractivity contribution in [3.8, 4) is 78.7 Å². The summed E-state index contributed by atoms with van der Waals surface area (Å²) in [6.07, 6.45) is -20.3. The van der Waals surface area contributed by atoms with Gasteiger partial charge in [-0.05, 0) is 119 Å². The Hall–Kier alpha value is -9.96. The molecule has 0 amide bonds. The number of nitrogens with zero attached hydrogens (tertiary/aromatic N) is 4. The second-order valence-corrected chi connectivity index (χ2v) is 20.2. The molecular weight excluding hydrogens is 1100 g/mol. The van der Waals surface area contributed by atoms with Crippen LogP contribution in [0.2, 0.25) is 0 Å². The summed E-state index contributed by atoms with van der Waals surface area (Å²) in [6.45, 7) is 0. The molecule has 0 unspecified atom stereocenters. The first-order valence-corrected chi connectivity index (χ1v) is 26.1. The first kappa shape index (κ1) is 53.4. The summed E-state index contributed by atoms with van der Waals surface area (Å²) in [7, 11) is 0. The van der Waals surface area contributed by atoms with Gasteiger partial charge in [-0.25, -0.2) is 9.97 Å². The lowest BCUT2D eigenvalue weighted by atomic mass is 9.96. The van der Waals surface area contributed by atoms with Crippen molar-refractivity contribution >= 4 is 43.6 Å². The Morgan fingerprint density at radius 2 is 0.631 bits per heavy atom. The predicted molar refractivity (Wildman–Crippen MR) is 303 cm³/mol. The quantitative estimate of drug-likeness (QED) is 0.142. The van der Waals surface area contributed by atoms with Gasteiger partial charge in [0.25, 0.3) is 0 Å². The van der Waals surface area contributed by atoms with Gasteiger partial charge in [-0.1, -0.05) is 133 Å². The van der Waals surface area contributed by atoms with Crippen LogP contribution < -0.4 is 0 Å². The van der Waals surface area contributed by atoms with Crippen LogP contribution in [-0.2, 0) is 24.7 Å². The summed E-state index contributed by atoms with van der Waals surface area (Å²) in [5.41, 5.74) is 2.15. The van der Waals surface area contributed by atoms with Crippen LogP contribution in [0, 0.1) is 0 Å². The predicted octanol–water partition coefficient (Wildman–Crippen LogP) is 20.7. The third-order valence-electron chi connectivity index (χ3n) is 15.0. The van der Waals surface area contributed by atoms with Crippen molar-refractivity contribution in [2.75, 3.05) is 0 Å². The van der Waals surface area contributed by atoms with E-state index in [0.29, 0.717) is 113 Å². The van der Waals surface area contributed by atoms with E-state index in [1.807, 2.05) is 155 Å². The van der Waals surface area contributed by atoms with Crippen molar-refractivity contribution < 1.29 is 52.7 Å². The molecule has 0 saturated carbocycles. The van der Waals surface area contributed by atoms with Gasteiger partial charge in [-0.15, -0.1) is 0 Å². The molecule has 0 aliphatic carbocycles. The number of benzene rings is 10. The van der Waals surface area contributed by atoms with Crippen molar-refractivity contribution in [1.82, 2.24) is 19.1 Å². The van der Waals surface area contributed by atoms with E-state index in [1.165, 1.54) is 12.1 Å². The maximum atomic E-state index is 14.2. The molecule has 0 radical (unpaired) electrons. The number of fused-ring (bicyclic) bond motifs is 6. The Bertz CT molecular complexity index is 4600. The van der Waals surface area contributed by atoms with Crippen LogP contribution in [0.4, 0.5) is 52.7 Å². The third kappa shape index (κ3) is 9.66. The van der Waals surface area contributed by atoms with Gasteiger partial charge in [0.15, 0.2) is 5.82 Å². The average molecular weight is 1140 g/mol. The van der Waals surface area contributed by atoms with Crippen molar-refractivity contribution in [3.05, 3.63) is 253 Å². The highest BCUT2D eigenvalue weighted by Gasteiger charge is 2.39. The summed E-state index contributed by atoms with van der Waals surface area (Å²) in [5.74, 6) is 0.448. The highest BCUT2D eigenvalue weighted by molar-refractivity contribution is 6.13. The number of hydrogen-bond donors (Lipinski definition) is 0. The molecule has 0 atom stereocenters. The number of halogens is 12. The minimum atomic E-state index is -5.08. The van der Waals surface area contributed by atoms with Crippen LogP contribution in [0.25, 0.3) is 122 Å². The zero-order valence-corrected chi connectivity index (χ0v) is 43.3. The molecule has 10 aromatic carbocycles. The van der Waals surface area contributed by atoms with Crippen LogP contribution >= 0.6 is 0 Å². The second kappa shape index (κ2) is 19.9. The number of hydrogen-bond acceptors (Lipinski definition) is 2. The monoisotopic (exact) mass is 1140 g/mol. The van der Waals surface area contributed by atoms with Gasteiger partial charge in [0.05, 0.1) is 67.1 Å². The van der Waals surface area contributed by atoms with Gasteiger partial charge in [0.2, 0.25) is 0 Å². The van der Waals surface area contributed by atoms with Crippen LogP contribution in [0.15, 0.2) is 231 Å². The summed E-state index contributed by atoms with van der Waals surface area (Å²) >= 11 is 0. The smallest absolute Gasteiger partial charge is 0.309 e. The van der Waals surface area contributed by atoms with Gasteiger partial charge in [0.1, 0.15) is 0 Å². The zero-order valence-electron chi connectivity index (χ0n) is 43.3. The zero-order chi connectivity index (χ0) is 58.5. The molecule has 3 aromatic heterocycles. The van der Waals surface area contributed by atoms with Gasteiger partial charge in [0, 0.05) is 49.4 Å². The molecule has 0 spiro atoms. The first-order chi connectivity index (χ1) is 40.2. The molecule has 13 rings (SSSR count). The van der Waals surface area contributed by atoms with E-state index in [0.717, 1.165) is 11.1 Å². The molecule has 16 heteroatoms. The molecule has 0 saturated heterocycles. The summed E-state index contributed by atoms with van der Waals surface area (Å²) in [6, 6.07) is 61.2. The van der Waals surface area contributed by atoms with Gasteiger partial charge >= 0.3 is 24.7 Å². The van der Waals surface area contributed by atoms with Crippen LogP contribution in [0.1, 0.15) is 22.3 Å². The topological polar surface area (TPSA) is 35.6 Å². The van der Waals surface area contributed by atoms with Crippen LogP contribution in [-0.4, -0.2) is 19.1 Å². The number of alkyl halides is 12. The Morgan fingerprint density at radius 3 is 1.11 bits per heavy atom. The van der Waals surface area contributed by atoms with Crippen LogP contribution in [0.5, 0.6) is 0 Å². The van der Waals surface area contributed by atoms with Gasteiger partial charge in [-0.2, -0.15) is 52.7 Å². The van der Waals surface area contributed by atoms with E-state index in [2.05, 4.69) is 0 Å². The Labute approximate surface area is 469 Å². The van der Waals surface area contributed by atoms with E-state index in [4.69, 9.17) is 9.97 Å². The van der Waals surface area contributed by atoms with Crippen molar-refractivity contribution in [2.45, 2.75) is 24.7 Å². The van der Waals surface area contributed by atoms with E-state index in [-0.39, 0.29) is 34.4 Å². The van der Waals surface area contributed by atoms with E-state index >= 15 is 0 Å². The number of para-hydroxylation sites is 3. The standard InChI is InChI=1S/C68H38F12N4/c69-65(70,71)46-29-44(30-47(36-46)66(72,73)74)41-23-26-61-53(33-41)50-17-7-10-20-58(50)83(61)59-21-11-9-19-52(59)55-35-43(57-38-56(39-13-3-1-4-14-39)81-64(82-57)40-15-5-2-6-16-40)25-28-63(55)84-60-22-12-8-18-51(60)54-34-42(24-27-62(54)84)45-31-48(67(75,76)77)37-49(32-45)68(78,79)80/h1-38H. The maximum Gasteiger partial charge on any atom is 0.416 e. The average Bonchev–Trinajstić information content (AvgIpc) is 2.13. The van der Waals surface area contributed by atoms with Crippen molar-refractivity contribution in [2.24, 2.45) is 0 Å². The first-order valence-electron chi connectivity index (χ1n) is 26.1. The second-order valence-electron chi connectivity index (χ2n) is 20.2. The molecule has 0 aliphatic rings. The fourth-order valence-corrected chi connectivity index (χ4v) is 11.1. The minimum absolute atomic E-state index is 0.0938. The maximum absolute atomic E-state index is 14.2. The minimum Gasteiger partial charge on any atom is -0.309 e. The third-order valence-corrected chi connectivity index (χ3v) is 15.0. The van der Waals surface area contributed by atoms with E-state index < -0.39 is 47.0 Å². The van der Waals surface area contributed by atoms with Gasteiger partial charge in [-0.3, -0.25) is 0 Å². The highest BCUT2D eigenvalue weighted by Crippen LogP contribution is 2.46.